The fourth-order valence-electron chi connectivity index (χ4n) is 3.64. The first kappa shape index (κ1) is 19.3. The average molecular weight is 451 g/mol. The van der Waals surface area contributed by atoms with Crippen LogP contribution in [0, 0.1) is 0 Å². The van der Waals surface area contributed by atoms with E-state index in [9.17, 15) is 14.4 Å². The smallest absolute Gasteiger partial charge is 0.254 e. The SMILES string of the molecule is O=C(c1ccc(Br)cc1)[C@H](C(=O)N1CCc2ccccc2C1)n1ccccc1=O. The predicted octanol–water partition coefficient (Wildman–Crippen LogP) is 3.62. The van der Waals surface area contributed by atoms with Crippen LogP contribution in [0.3, 0.4) is 0 Å². The molecule has 1 atom stereocenters. The molecule has 3 aromatic rings. The van der Waals surface area contributed by atoms with Crippen molar-refractivity contribution in [2.45, 2.75) is 19.0 Å². The Morgan fingerprint density at radius 2 is 1.59 bits per heavy atom. The third-order valence-electron chi connectivity index (χ3n) is 5.18. The van der Waals surface area contributed by atoms with Crippen molar-refractivity contribution < 1.29 is 9.59 Å². The highest BCUT2D eigenvalue weighted by Gasteiger charge is 2.34. The van der Waals surface area contributed by atoms with Crippen LogP contribution in [0.2, 0.25) is 0 Å². The molecule has 1 aliphatic rings. The van der Waals surface area contributed by atoms with Gasteiger partial charge in [-0.25, -0.2) is 0 Å². The highest BCUT2D eigenvalue weighted by Crippen LogP contribution is 2.24. The number of rotatable bonds is 4. The second kappa shape index (κ2) is 8.17. The largest absolute Gasteiger partial charge is 0.336 e. The van der Waals surface area contributed by atoms with Crippen molar-refractivity contribution in [2.24, 2.45) is 0 Å². The lowest BCUT2D eigenvalue weighted by molar-refractivity contribution is -0.134. The molecule has 0 saturated heterocycles. The van der Waals surface area contributed by atoms with Gasteiger partial charge in [0.25, 0.3) is 11.5 Å². The van der Waals surface area contributed by atoms with Crippen LogP contribution >= 0.6 is 15.9 Å². The van der Waals surface area contributed by atoms with Crippen LogP contribution in [0.5, 0.6) is 0 Å². The predicted molar refractivity (Wildman–Crippen MR) is 114 cm³/mol. The van der Waals surface area contributed by atoms with E-state index in [-0.39, 0.29) is 11.5 Å². The van der Waals surface area contributed by atoms with Crippen molar-refractivity contribution in [3.05, 3.63) is 104 Å². The van der Waals surface area contributed by atoms with Crippen molar-refractivity contribution in [3.8, 4) is 0 Å². The van der Waals surface area contributed by atoms with Gasteiger partial charge in [0.1, 0.15) is 0 Å². The zero-order valence-corrected chi connectivity index (χ0v) is 17.2. The molecule has 1 aliphatic heterocycles. The van der Waals surface area contributed by atoms with Crippen molar-refractivity contribution in [1.82, 2.24) is 9.47 Å². The number of hydrogen-bond acceptors (Lipinski definition) is 3. The van der Waals surface area contributed by atoms with Gasteiger partial charge in [-0.05, 0) is 35.7 Å². The minimum absolute atomic E-state index is 0.360. The number of aromatic nitrogens is 1. The fraction of sp³-hybridized carbons (Fsp3) is 0.174. The van der Waals surface area contributed by atoms with E-state index in [1.165, 1.54) is 22.4 Å². The molecule has 0 spiro atoms. The number of pyridine rings is 1. The van der Waals surface area contributed by atoms with Crippen molar-refractivity contribution >= 4 is 27.6 Å². The molecule has 0 fully saturated rings. The Balaban J connectivity index is 1.72. The van der Waals surface area contributed by atoms with Crippen molar-refractivity contribution in [1.29, 1.82) is 0 Å². The van der Waals surface area contributed by atoms with Gasteiger partial charge in [-0.1, -0.05) is 58.4 Å². The van der Waals surface area contributed by atoms with Gasteiger partial charge in [-0.15, -0.1) is 0 Å². The van der Waals surface area contributed by atoms with Crippen molar-refractivity contribution in [2.75, 3.05) is 6.54 Å². The topological polar surface area (TPSA) is 59.4 Å². The third-order valence-corrected chi connectivity index (χ3v) is 5.71. The minimum atomic E-state index is -1.23. The summed E-state index contributed by atoms with van der Waals surface area (Å²) < 4.78 is 2.06. The van der Waals surface area contributed by atoms with Gasteiger partial charge < -0.3 is 4.90 Å². The van der Waals surface area contributed by atoms with E-state index < -0.39 is 11.8 Å². The number of amides is 1. The van der Waals surface area contributed by atoms with E-state index in [0.717, 1.165) is 16.5 Å². The summed E-state index contributed by atoms with van der Waals surface area (Å²) in [5.41, 5.74) is 2.29. The van der Waals surface area contributed by atoms with Gasteiger partial charge in [-0.3, -0.25) is 19.0 Å². The number of fused-ring (bicyclic) bond motifs is 1. The lowest BCUT2D eigenvalue weighted by Gasteiger charge is -2.32. The second-order valence-corrected chi connectivity index (χ2v) is 7.91. The summed E-state index contributed by atoms with van der Waals surface area (Å²) in [5, 5.41) is 0. The summed E-state index contributed by atoms with van der Waals surface area (Å²) in [5.74, 6) is -0.754. The van der Waals surface area contributed by atoms with E-state index in [1.807, 2.05) is 18.2 Å². The summed E-state index contributed by atoms with van der Waals surface area (Å²) in [4.78, 5) is 40.9. The van der Waals surface area contributed by atoms with Gasteiger partial charge in [0, 0.05) is 35.4 Å². The van der Waals surface area contributed by atoms with E-state index >= 15 is 0 Å². The third kappa shape index (κ3) is 3.93. The summed E-state index contributed by atoms with van der Waals surface area (Å²) in [6, 6.07) is 18.2. The van der Waals surface area contributed by atoms with Crippen LogP contribution in [0.1, 0.15) is 27.5 Å². The molecule has 0 unspecified atom stereocenters. The molecular weight excluding hydrogens is 432 g/mol. The normalized spacial score (nSPS) is 14.2. The van der Waals surface area contributed by atoms with Crippen LogP contribution in [0.25, 0.3) is 0 Å². The van der Waals surface area contributed by atoms with Gasteiger partial charge in [-0.2, -0.15) is 0 Å². The number of carbonyl (C=O) groups is 2. The van der Waals surface area contributed by atoms with E-state index in [0.29, 0.717) is 18.7 Å². The summed E-state index contributed by atoms with van der Waals surface area (Å²) >= 11 is 3.35. The Kier molecular flexibility index (Phi) is 5.45. The molecule has 0 N–H and O–H groups in total. The number of carbonyl (C=O) groups excluding carboxylic acids is 2. The molecule has 6 heteroatoms. The number of hydrogen-bond donors (Lipinski definition) is 0. The molecule has 5 nitrogen and oxygen atoms in total. The van der Waals surface area contributed by atoms with Crippen LogP contribution < -0.4 is 5.56 Å². The number of ketones is 1. The Morgan fingerprint density at radius 1 is 0.897 bits per heavy atom. The quantitative estimate of drug-likeness (QED) is 0.450. The van der Waals surface area contributed by atoms with Crippen LogP contribution in [0.15, 0.2) is 82.2 Å². The number of Topliss-reactive ketones (excluding diaryl/α,β-unsaturated/α-hetero) is 1. The molecule has 0 aliphatic carbocycles. The number of benzene rings is 2. The maximum atomic E-state index is 13.5. The van der Waals surface area contributed by atoms with E-state index in [1.54, 1.807) is 41.3 Å². The zero-order chi connectivity index (χ0) is 20.4. The molecule has 1 amide bonds. The molecule has 4 rings (SSSR count). The highest BCUT2D eigenvalue weighted by atomic mass is 79.9. The van der Waals surface area contributed by atoms with Crippen molar-refractivity contribution in [3.63, 3.8) is 0 Å². The lowest BCUT2D eigenvalue weighted by atomic mass is 9.97. The summed E-state index contributed by atoms with van der Waals surface area (Å²) in [6.45, 7) is 0.947. The molecule has 2 aromatic carbocycles. The molecular formula is C23H19BrN2O3. The molecule has 1 aromatic heterocycles. The Bertz CT molecular complexity index is 1120. The Morgan fingerprint density at radius 3 is 2.31 bits per heavy atom. The lowest BCUT2D eigenvalue weighted by Crippen LogP contribution is -2.45. The van der Waals surface area contributed by atoms with Crippen LogP contribution in [-0.2, 0) is 17.8 Å². The summed E-state index contributed by atoms with van der Waals surface area (Å²) in [7, 11) is 0. The molecule has 2 heterocycles. The first-order chi connectivity index (χ1) is 14.0. The minimum Gasteiger partial charge on any atom is -0.336 e. The van der Waals surface area contributed by atoms with Crippen LogP contribution in [-0.4, -0.2) is 27.7 Å². The number of nitrogens with zero attached hydrogens (tertiary/aromatic N) is 2. The first-order valence-electron chi connectivity index (χ1n) is 9.37. The second-order valence-electron chi connectivity index (χ2n) is 7.00. The van der Waals surface area contributed by atoms with Gasteiger partial charge >= 0.3 is 0 Å². The molecule has 0 saturated carbocycles. The monoisotopic (exact) mass is 450 g/mol. The first-order valence-corrected chi connectivity index (χ1v) is 10.2. The van der Waals surface area contributed by atoms with Gasteiger partial charge in [0.15, 0.2) is 11.8 Å². The highest BCUT2D eigenvalue weighted by molar-refractivity contribution is 9.10. The van der Waals surface area contributed by atoms with Crippen LogP contribution in [0.4, 0.5) is 0 Å². The zero-order valence-electron chi connectivity index (χ0n) is 15.6. The molecule has 29 heavy (non-hydrogen) atoms. The average Bonchev–Trinajstić information content (AvgIpc) is 2.75. The standard InChI is InChI=1S/C23H19BrN2O3/c24-19-10-8-17(9-11-19)22(28)21(26-13-4-3-7-20(26)27)23(29)25-14-12-16-5-1-2-6-18(16)15-25/h1-11,13,21H,12,14-15H2/t21-/m1/s1. The fourth-order valence-corrected chi connectivity index (χ4v) is 3.90. The summed E-state index contributed by atoms with van der Waals surface area (Å²) in [6.07, 6.45) is 2.23. The Labute approximate surface area is 176 Å². The molecule has 0 bridgehead atoms. The maximum Gasteiger partial charge on any atom is 0.254 e. The molecule has 146 valence electrons. The Hall–Kier alpha value is -2.99. The van der Waals surface area contributed by atoms with Gasteiger partial charge in [0.05, 0.1) is 0 Å². The maximum absolute atomic E-state index is 13.5. The molecule has 0 radical (unpaired) electrons. The van der Waals surface area contributed by atoms with E-state index in [4.69, 9.17) is 0 Å². The van der Waals surface area contributed by atoms with E-state index in [2.05, 4.69) is 22.0 Å². The number of halogens is 1. The van der Waals surface area contributed by atoms with Gasteiger partial charge in [0.2, 0.25) is 0 Å².